The van der Waals surface area contributed by atoms with E-state index in [1.54, 1.807) is 24.3 Å². The highest BCUT2D eigenvalue weighted by molar-refractivity contribution is 6.08. The van der Waals surface area contributed by atoms with Gasteiger partial charge in [0.1, 0.15) is 34.7 Å². The summed E-state index contributed by atoms with van der Waals surface area (Å²) in [5.74, 6) is 1.59. The molecular formula is C38H28N6O2. The average molecular weight is 601 g/mol. The Bertz CT molecular complexity index is 1950. The van der Waals surface area contributed by atoms with Crippen molar-refractivity contribution in [1.29, 1.82) is 0 Å². The number of carbonyl (C=O) groups excluding carboxylic acids is 2. The van der Waals surface area contributed by atoms with Crippen LogP contribution in [-0.2, 0) is 0 Å². The molecule has 5 aromatic carbocycles. The Kier molecular flexibility index (Phi) is 7.73. The molecule has 0 spiro atoms. The van der Waals surface area contributed by atoms with Crippen molar-refractivity contribution in [3.63, 3.8) is 0 Å². The number of nitrogens with one attached hydrogen (secondary N) is 4. The van der Waals surface area contributed by atoms with Gasteiger partial charge >= 0.3 is 0 Å². The van der Waals surface area contributed by atoms with Crippen LogP contribution in [0.25, 0.3) is 45.3 Å². The maximum absolute atomic E-state index is 13.4. The molecule has 2 heterocycles. The fourth-order valence-electron chi connectivity index (χ4n) is 5.15. The zero-order valence-corrected chi connectivity index (χ0v) is 24.6. The van der Waals surface area contributed by atoms with Crippen LogP contribution in [0.15, 0.2) is 146 Å². The number of hydrogen-bond acceptors (Lipinski definition) is 4. The molecule has 2 amide bonds. The molecule has 0 atom stereocenters. The molecule has 0 radical (unpaired) electrons. The van der Waals surface area contributed by atoms with Crippen LogP contribution < -0.4 is 10.6 Å². The van der Waals surface area contributed by atoms with E-state index in [-0.39, 0.29) is 11.8 Å². The molecule has 2 aromatic heterocycles. The number of H-pyrrole nitrogens is 2. The number of imidazole rings is 2. The minimum Gasteiger partial charge on any atom is -0.324 e. The number of nitrogens with zero attached hydrogens (tertiary/aromatic N) is 2. The Labute approximate surface area is 265 Å². The second-order valence-electron chi connectivity index (χ2n) is 10.6. The topological polar surface area (TPSA) is 116 Å². The summed E-state index contributed by atoms with van der Waals surface area (Å²) in [4.78, 5) is 42.9. The molecule has 0 bridgehead atoms. The number of carbonyl (C=O) groups is 2. The van der Waals surface area contributed by atoms with Gasteiger partial charge in [-0.3, -0.25) is 9.59 Å². The zero-order valence-electron chi connectivity index (χ0n) is 24.6. The lowest BCUT2D eigenvalue weighted by molar-refractivity contribution is 0.101. The number of anilines is 2. The second kappa shape index (κ2) is 12.6. The van der Waals surface area contributed by atoms with Gasteiger partial charge in [-0.15, -0.1) is 0 Å². The fraction of sp³-hybridized carbons (Fsp3) is 0. The van der Waals surface area contributed by atoms with Crippen molar-refractivity contribution in [2.75, 3.05) is 10.6 Å². The number of aromatic nitrogens is 4. The molecule has 8 heteroatoms. The molecule has 0 saturated carbocycles. The van der Waals surface area contributed by atoms with E-state index < -0.39 is 0 Å². The molecule has 0 aliphatic carbocycles. The van der Waals surface area contributed by atoms with Gasteiger partial charge < -0.3 is 20.6 Å². The Morgan fingerprint density at radius 1 is 0.413 bits per heavy atom. The van der Waals surface area contributed by atoms with E-state index in [1.807, 2.05) is 121 Å². The van der Waals surface area contributed by atoms with E-state index in [0.717, 1.165) is 22.3 Å². The van der Waals surface area contributed by atoms with Crippen LogP contribution in [0.4, 0.5) is 11.6 Å². The molecule has 0 fully saturated rings. The highest BCUT2D eigenvalue weighted by atomic mass is 16.2. The Morgan fingerprint density at radius 3 is 1.04 bits per heavy atom. The van der Waals surface area contributed by atoms with E-state index in [1.165, 1.54) is 0 Å². The molecule has 7 aromatic rings. The summed E-state index contributed by atoms with van der Waals surface area (Å²) < 4.78 is 0. The first-order chi connectivity index (χ1) is 22.6. The van der Waals surface area contributed by atoms with Gasteiger partial charge in [0.15, 0.2) is 0 Å². The van der Waals surface area contributed by atoms with Crippen LogP contribution in [0.3, 0.4) is 0 Å². The summed E-state index contributed by atoms with van der Waals surface area (Å²) in [6.45, 7) is 0. The molecule has 0 unspecified atom stereocenters. The van der Waals surface area contributed by atoms with Crippen LogP contribution in [-0.4, -0.2) is 31.8 Å². The summed E-state index contributed by atoms with van der Waals surface area (Å²) in [5.41, 5.74) is 5.59. The van der Waals surface area contributed by atoms with Gasteiger partial charge in [-0.2, -0.15) is 0 Å². The van der Waals surface area contributed by atoms with E-state index in [0.29, 0.717) is 45.8 Å². The van der Waals surface area contributed by atoms with E-state index >= 15 is 0 Å². The van der Waals surface area contributed by atoms with Gasteiger partial charge in [0.25, 0.3) is 11.8 Å². The van der Waals surface area contributed by atoms with Crippen LogP contribution in [0.5, 0.6) is 0 Å². The van der Waals surface area contributed by atoms with Crippen LogP contribution in [0, 0.1) is 0 Å². The third-order valence-corrected chi connectivity index (χ3v) is 7.48. The molecule has 8 nitrogen and oxygen atoms in total. The van der Waals surface area contributed by atoms with Crippen molar-refractivity contribution in [2.24, 2.45) is 0 Å². The van der Waals surface area contributed by atoms with Crippen molar-refractivity contribution in [2.45, 2.75) is 0 Å². The Morgan fingerprint density at radius 2 is 0.717 bits per heavy atom. The van der Waals surface area contributed by atoms with Gasteiger partial charge in [0.2, 0.25) is 0 Å². The average Bonchev–Trinajstić information content (AvgIpc) is 3.74. The van der Waals surface area contributed by atoms with Gasteiger partial charge in [-0.1, -0.05) is 121 Å². The van der Waals surface area contributed by atoms with E-state index in [9.17, 15) is 9.59 Å². The summed E-state index contributed by atoms with van der Waals surface area (Å²) in [5, 5.41) is 5.95. The predicted octanol–water partition coefficient (Wildman–Crippen LogP) is 8.31. The Hall–Kier alpha value is -6.54. The first-order valence-electron chi connectivity index (χ1n) is 14.8. The number of hydrogen-bond donors (Lipinski definition) is 4. The third kappa shape index (κ3) is 5.95. The fourth-order valence-corrected chi connectivity index (χ4v) is 5.15. The smallest absolute Gasteiger partial charge is 0.256 e. The molecule has 222 valence electrons. The monoisotopic (exact) mass is 600 g/mol. The first kappa shape index (κ1) is 28.2. The first-order valence-corrected chi connectivity index (χ1v) is 14.8. The van der Waals surface area contributed by atoms with Crippen molar-refractivity contribution >= 4 is 23.5 Å². The van der Waals surface area contributed by atoms with Crippen LogP contribution in [0.1, 0.15) is 20.7 Å². The number of aromatic amines is 2. The van der Waals surface area contributed by atoms with Gasteiger partial charge in [-0.05, 0) is 24.3 Å². The number of rotatable bonds is 8. The summed E-state index contributed by atoms with van der Waals surface area (Å²) in [7, 11) is 0. The zero-order chi connectivity index (χ0) is 31.3. The van der Waals surface area contributed by atoms with Crippen molar-refractivity contribution in [3.8, 4) is 45.3 Å². The number of amides is 2. The molecular weight excluding hydrogens is 572 g/mol. The lowest BCUT2D eigenvalue weighted by Gasteiger charge is -2.08. The second-order valence-corrected chi connectivity index (χ2v) is 10.6. The van der Waals surface area contributed by atoms with Crippen molar-refractivity contribution < 1.29 is 9.59 Å². The van der Waals surface area contributed by atoms with E-state index in [4.69, 9.17) is 9.97 Å². The van der Waals surface area contributed by atoms with Crippen LogP contribution >= 0.6 is 0 Å². The van der Waals surface area contributed by atoms with Gasteiger partial charge in [0, 0.05) is 33.4 Å². The van der Waals surface area contributed by atoms with E-state index in [2.05, 4.69) is 20.6 Å². The molecule has 0 aliphatic rings. The number of benzene rings is 5. The molecule has 0 aliphatic heterocycles. The van der Waals surface area contributed by atoms with Crippen LogP contribution in [0.2, 0.25) is 0 Å². The molecule has 0 saturated heterocycles. The minimum absolute atomic E-state index is 0.333. The minimum atomic E-state index is -0.333. The lowest BCUT2D eigenvalue weighted by atomic mass is 10.1. The summed E-state index contributed by atoms with van der Waals surface area (Å²) in [6, 6.07) is 45.3. The van der Waals surface area contributed by atoms with Crippen molar-refractivity contribution in [3.05, 3.63) is 157 Å². The predicted molar refractivity (Wildman–Crippen MR) is 181 cm³/mol. The van der Waals surface area contributed by atoms with Gasteiger partial charge in [0.05, 0.1) is 0 Å². The maximum Gasteiger partial charge on any atom is 0.256 e. The standard InChI is InChI=1S/C38H28N6O2/c45-37(43-35-31(25-13-5-1-6-14-25)39-33(41-35)27-17-9-3-10-18-27)29-21-23-30(24-22-29)38(46)44-36-32(26-15-7-2-8-16-26)40-34(42-36)28-19-11-4-12-20-28/h1-24H,(H,39,41)(H,40,42)(H,43,45)(H,44,46). The largest absolute Gasteiger partial charge is 0.324 e. The Balaban J connectivity index is 1.12. The molecule has 7 rings (SSSR count). The third-order valence-electron chi connectivity index (χ3n) is 7.48. The molecule has 46 heavy (non-hydrogen) atoms. The highest BCUT2D eigenvalue weighted by Gasteiger charge is 2.19. The highest BCUT2D eigenvalue weighted by Crippen LogP contribution is 2.31. The normalized spacial score (nSPS) is 10.8. The summed E-state index contributed by atoms with van der Waals surface area (Å²) in [6.07, 6.45) is 0. The van der Waals surface area contributed by atoms with Gasteiger partial charge in [-0.25, -0.2) is 9.97 Å². The summed E-state index contributed by atoms with van der Waals surface area (Å²) >= 11 is 0. The quantitative estimate of drug-likeness (QED) is 0.140. The maximum atomic E-state index is 13.4. The lowest BCUT2D eigenvalue weighted by Crippen LogP contribution is -2.15. The van der Waals surface area contributed by atoms with Crippen molar-refractivity contribution in [1.82, 2.24) is 19.9 Å². The molecule has 4 N–H and O–H groups in total. The SMILES string of the molecule is O=C(Nc1[nH]c(-c2ccccc2)nc1-c1ccccc1)c1ccc(C(=O)Nc2[nH]c(-c3ccccc3)nc2-c2ccccc2)cc1.